The second-order valence-electron chi connectivity index (χ2n) is 5.12. The fourth-order valence-corrected chi connectivity index (χ4v) is 2.71. The topological polar surface area (TPSA) is 41.1 Å². The first kappa shape index (κ1) is 15.5. The number of hydrogen-bond donors (Lipinski definition) is 2. The Kier molecular flexibility index (Phi) is 5.24. The van der Waals surface area contributed by atoms with Crippen LogP contribution in [0, 0.1) is 11.7 Å². The molecule has 1 aromatic carbocycles. The van der Waals surface area contributed by atoms with Gasteiger partial charge < -0.3 is 10.6 Å². The van der Waals surface area contributed by atoms with E-state index in [9.17, 15) is 9.18 Å². The Labute approximate surface area is 127 Å². The normalized spacial score (nSPS) is 16.0. The van der Waals surface area contributed by atoms with Crippen molar-refractivity contribution in [2.45, 2.75) is 25.8 Å². The number of carbonyl (C=O) groups excluding carboxylic acids is 1. The summed E-state index contributed by atoms with van der Waals surface area (Å²) in [6.07, 6.45) is 2.47. The Morgan fingerprint density at radius 1 is 1.45 bits per heavy atom. The maximum Gasteiger partial charge on any atom is 0.234 e. The van der Waals surface area contributed by atoms with E-state index in [1.807, 2.05) is 0 Å². The molecule has 1 aliphatic rings. The minimum absolute atomic E-state index is 0.0451. The molecule has 0 saturated heterocycles. The summed E-state index contributed by atoms with van der Waals surface area (Å²) in [4.78, 5) is 11.8. The first-order valence-electron chi connectivity index (χ1n) is 6.62. The monoisotopic (exact) mass is 318 g/mol. The maximum absolute atomic E-state index is 13.4. The van der Waals surface area contributed by atoms with Gasteiger partial charge in [0.1, 0.15) is 5.82 Å². The summed E-state index contributed by atoms with van der Waals surface area (Å²) in [5.74, 6) is 0.0147. The first-order chi connectivity index (χ1) is 9.49. The van der Waals surface area contributed by atoms with E-state index in [1.54, 1.807) is 6.92 Å². The van der Waals surface area contributed by atoms with Crippen LogP contribution < -0.4 is 10.6 Å². The van der Waals surface area contributed by atoms with Crippen LogP contribution in [0.1, 0.15) is 31.4 Å². The van der Waals surface area contributed by atoms with Crippen molar-refractivity contribution in [1.82, 2.24) is 10.6 Å². The lowest BCUT2D eigenvalue weighted by atomic mass is 10.1. The maximum atomic E-state index is 13.4. The fourth-order valence-electron chi connectivity index (χ4n) is 2.02. The molecule has 20 heavy (non-hydrogen) atoms. The van der Waals surface area contributed by atoms with Crippen LogP contribution in [-0.4, -0.2) is 19.0 Å². The number of hydrogen-bond acceptors (Lipinski definition) is 2. The van der Waals surface area contributed by atoms with Crippen molar-refractivity contribution in [2.75, 3.05) is 13.1 Å². The number of rotatable bonds is 6. The third-order valence-corrected chi connectivity index (χ3v) is 4.02. The van der Waals surface area contributed by atoms with Gasteiger partial charge in [-0.3, -0.25) is 4.79 Å². The van der Waals surface area contributed by atoms with Gasteiger partial charge in [-0.15, -0.1) is 0 Å². The quantitative estimate of drug-likeness (QED) is 0.790. The van der Waals surface area contributed by atoms with Crippen LogP contribution in [-0.2, 0) is 4.79 Å². The van der Waals surface area contributed by atoms with Gasteiger partial charge in [-0.1, -0.05) is 23.2 Å². The van der Waals surface area contributed by atoms with E-state index in [1.165, 1.54) is 25.0 Å². The molecule has 1 unspecified atom stereocenters. The molecule has 1 aromatic rings. The Hall–Kier alpha value is -0.840. The predicted molar refractivity (Wildman–Crippen MR) is 78.6 cm³/mol. The van der Waals surface area contributed by atoms with Gasteiger partial charge in [0.05, 0.1) is 17.6 Å². The van der Waals surface area contributed by atoms with Crippen LogP contribution in [0.2, 0.25) is 10.0 Å². The largest absolute Gasteiger partial charge is 0.348 e. The predicted octanol–water partition coefficient (Wildman–Crippen LogP) is 3.31. The smallest absolute Gasteiger partial charge is 0.234 e. The number of carbonyl (C=O) groups is 1. The molecule has 2 N–H and O–H groups in total. The second-order valence-corrected chi connectivity index (χ2v) is 5.91. The standard InChI is InChI=1S/C14H17Cl2FN2O/c1-8(13-10(15)4-5-11(17)14(13)16)19-12(20)7-18-6-9-2-3-9/h4-5,8-9,18H,2-3,6-7H2,1H3,(H,19,20). The summed E-state index contributed by atoms with van der Waals surface area (Å²) in [6, 6.07) is 2.20. The van der Waals surface area contributed by atoms with Gasteiger partial charge in [-0.25, -0.2) is 4.39 Å². The molecule has 1 atom stereocenters. The van der Waals surface area contributed by atoms with Gasteiger partial charge in [0.2, 0.25) is 5.91 Å². The van der Waals surface area contributed by atoms with Gasteiger partial charge in [0, 0.05) is 10.6 Å². The minimum atomic E-state index is -0.543. The molecule has 0 radical (unpaired) electrons. The van der Waals surface area contributed by atoms with Gasteiger partial charge in [0.15, 0.2) is 0 Å². The van der Waals surface area contributed by atoms with E-state index in [2.05, 4.69) is 10.6 Å². The Morgan fingerprint density at radius 2 is 2.15 bits per heavy atom. The van der Waals surface area contributed by atoms with Gasteiger partial charge in [0.25, 0.3) is 0 Å². The molecule has 6 heteroatoms. The van der Waals surface area contributed by atoms with E-state index in [0.29, 0.717) is 16.5 Å². The molecule has 1 saturated carbocycles. The molecule has 0 bridgehead atoms. The zero-order valence-corrected chi connectivity index (χ0v) is 12.7. The lowest BCUT2D eigenvalue weighted by molar-refractivity contribution is -0.120. The number of benzene rings is 1. The molecule has 0 spiro atoms. The van der Waals surface area contributed by atoms with Crippen LogP contribution in [0.5, 0.6) is 0 Å². The van der Waals surface area contributed by atoms with Crippen molar-refractivity contribution >= 4 is 29.1 Å². The number of amides is 1. The van der Waals surface area contributed by atoms with Crippen molar-refractivity contribution in [1.29, 1.82) is 0 Å². The highest BCUT2D eigenvalue weighted by Crippen LogP contribution is 2.32. The van der Waals surface area contributed by atoms with E-state index < -0.39 is 11.9 Å². The first-order valence-corrected chi connectivity index (χ1v) is 7.38. The highest BCUT2D eigenvalue weighted by molar-refractivity contribution is 6.36. The fraction of sp³-hybridized carbons (Fsp3) is 0.500. The van der Waals surface area contributed by atoms with Crippen molar-refractivity contribution in [3.63, 3.8) is 0 Å². The lowest BCUT2D eigenvalue weighted by Gasteiger charge is -2.17. The lowest BCUT2D eigenvalue weighted by Crippen LogP contribution is -2.36. The summed E-state index contributed by atoms with van der Waals surface area (Å²) < 4.78 is 13.4. The zero-order valence-electron chi connectivity index (χ0n) is 11.2. The summed E-state index contributed by atoms with van der Waals surface area (Å²) in [6.45, 7) is 2.83. The van der Waals surface area contributed by atoms with Gasteiger partial charge >= 0.3 is 0 Å². The van der Waals surface area contributed by atoms with Crippen LogP contribution in [0.25, 0.3) is 0 Å². The van der Waals surface area contributed by atoms with Crippen molar-refractivity contribution < 1.29 is 9.18 Å². The van der Waals surface area contributed by atoms with Gasteiger partial charge in [-0.2, -0.15) is 0 Å². The van der Waals surface area contributed by atoms with Crippen molar-refractivity contribution in [2.24, 2.45) is 5.92 Å². The van der Waals surface area contributed by atoms with E-state index >= 15 is 0 Å². The summed E-state index contributed by atoms with van der Waals surface area (Å²) >= 11 is 11.9. The highest BCUT2D eigenvalue weighted by Gasteiger charge is 2.21. The molecule has 1 fully saturated rings. The Balaban J connectivity index is 1.91. The molecule has 0 aliphatic heterocycles. The molecule has 0 heterocycles. The molecular formula is C14H17Cl2FN2O. The van der Waals surface area contributed by atoms with Crippen LogP contribution in [0.15, 0.2) is 12.1 Å². The molecular weight excluding hydrogens is 302 g/mol. The number of halogens is 3. The third-order valence-electron chi connectivity index (χ3n) is 3.31. The highest BCUT2D eigenvalue weighted by atomic mass is 35.5. The average molecular weight is 319 g/mol. The van der Waals surface area contributed by atoms with Crippen LogP contribution >= 0.6 is 23.2 Å². The number of nitrogens with one attached hydrogen (secondary N) is 2. The third kappa shape index (κ3) is 4.08. The van der Waals surface area contributed by atoms with Crippen molar-refractivity contribution in [3.05, 3.63) is 33.6 Å². The molecule has 3 nitrogen and oxygen atoms in total. The molecule has 1 aliphatic carbocycles. The van der Waals surface area contributed by atoms with Gasteiger partial charge in [-0.05, 0) is 44.4 Å². The average Bonchev–Trinajstić information content (AvgIpc) is 3.18. The molecule has 0 aromatic heterocycles. The summed E-state index contributed by atoms with van der Waals surface area (Å²) in [5, 5.41) is 6.15. The summed E-state index contributed by atoms with van der Waals surface area (Å²) in [7, 11) is 0. The second kappa shape index (κ2) is 6.74. The molecule has 2 rings (SSSR count). The van der Waals surface area contributed by atoms with Crippen LogP contribution in [0.3, 0.4) is 0 Å². The van der Waals surface area contributed by atoms with Crippen LogP contribution in [0.4, 0.5) is 4.39 Å². The molecule has 1 amide bonds. The Morgan fingerprint density at radius 3 is 2.80 bits per heavy atom. The summed E-state index contributed by atoms with van der Waals surface area (Å²) in [5.41, 5.74) is 0.406. The Bertz CT molecular complexity index is 506. The SMILES string of the molecule is CC(NC(=O)CNCC1CC1)c1c(Cl)ccc(F)c1Cl. The molecule has 110 valence electrons. The van der Waals surface area contributed by atoms with E-state index in [0.717, 1.165) is 6.54 Å². The van der Waals surface area contributed by atoms with E-state index in [4.69, 9.17) is 23.2 Å². The zero-order chi connectivity index (χ0) is 14.7. The van der Waals surface area contributed by atoms with Crippen molar-refractivity contribution in [3.8, 4) is 0 Å². The minimum Gasteiger partial charge on any atom is -0.348 e. The van der Waals surface area contributed by atoms with E-state index in [-0.39, 0.29) is 17.5 Å².